The van der Waals surface area contributed by atoms with Gasteiger partial charge in [0.15, 0.2) is 5.82 Å². The Morgan fingerprint density at radius 1 is 1.33 bits per heavy atom. The lowest BCUT2D eigenvalue weighted by molar-refractivity contribution is 0.102. The van der Waals surface area contributed by atoms with Gasteiger partial charge in [-0.05, 0) is 49.5 Å². The molecule has 2 heterocycles. The van der Waals surface area contributed by atoms with Gasteiger partial charge in [0.05, 0.1) is 0 Å². The maximum Gasteiger partial charge on any atom is 0.256 e. The highest BCUT2D eigenvalue weighted by Crippen LogP contribution is 2.24. The smallest absolute Gasteiger partial charge is 0.256 e. The number of aromatic nitrogens is 1. The number of hydrogen-bond donors (Lipinski definition) is 2. The molecule has 1 saturated heterocycles. The number of anilines is 1. The number of rotatable bonds is 4. The van der Waals surface area contributed by atoms with Crippen molar-refractivity contribution in [2.75, 3.05) is 18.4 Å². The van der Waals surface area contributed by atoms with Gasteiger partial charge >= 0.3 is 0 Å². The number of carbonyl (C=O) groups excluding carboxylic acids is 1. The maximum atomic E-state index is 12.3. The lowest BCUT2D eigenvalue weighted by atomic mass is 9.93. The SMILES string of the molecule is CC(C)(C)c1cc(NC(=O)c2ccc(CC3CCNC3)cc2)no1. The van der Waals surface area contributed by atoms with E-state index < -0.39 is 0 Å². The van der Waals surface area contributed by atoms with Crippen molar-refractivity contribution in [3.63, 3.8) is 0 Å². The van der Waals surface area contributed by atoms with Crippen LogP contribution in [0, 0.1) is 5.92 Å². The third-order valence-electron chi connectivity index (χ3n) is 4.39. The molecule has 0 aliphatic carbocycles. The summed E-state index contributed by atoms with van der Waals surface area (Å²) in [6, 6.07) is 9.60. The Labute approximate surface area is 142 Å². The van der Waals surface area contributed by atoms with Gasteiger partial charge in [0.2, 0.25) is 0 Å². The first kappa shape index (κ1) is 16.7. The highest BCUT2D eigenvalue weighted by Gasteiger charge is 2.20. The summed E-state index contributed by atoms with van der Waals surface area (Å²) in [5, 5.41) is 10.1. The summed E-state index contributed by atoms with van der Waals surface area (Å²) in [6.45, 7) is 8.32. The van der Waals surface area contributed by atoms with E-state index in [9.17, 15) is 4.79 Å². The van der Waals surface area contributed by atoms with Crippen molar-refractivity contribution in [1.29, 1.82) is 0 Å². The molecule has 5 nitrogen and oxygen atoms in total. The molecule has 1 aliphatic heterocycles. The Kier molecular flexibility index (Phi) is 4.71. The van der Waals surface area contributed by atoms with E-state index >= 15 is 0 Å². The highest BCUT2D eigenvalue weighted by molar-refractivity contribution is 6.03. The first-order valence-corrected chi connectivity index (χ1v) is 8.50. The first-order chi connectivity index (χ1) is 11.4. The molecular formula is C19H25N3O2. The Morgan fingerprint density at radius 2 is 2.08 bits per heavy atom. The Bertz CT molecular complexity index is 692. The molecular weight excluding hydrogens is 302 g/mol. The number of benzene rings is 1. The molecule has 1 aromatic carbocycles. The van der Waals surface area contributed by atoms with Crippen LogP contribution in [0.25, 0.3) is 0 Å². The molecule has 1 aromatic heterocycles. The van der Waals surface area contributed by atoms with Gasteiger partial charge in [-0.25, -0.2) is 0 Å². The minimum absolute atomic E-state index is 0.132. The molecule has 3 rings (SSSR count). The third-order valence-corrected chi connectivity index (χ3v) is 4.39. The summed E-state index contributed by atoms with van der Waals surface area (Å²) in [6.07, 6.45) is 2.29. The topological polar surface area (TPSA) is 67.2 Å². The van der Waals surface area contributed by atoms with E-state index in [2.05, 4.69) is 15.8 Å². The summed E-state index contributed by atoms with van der Waals surface area (Å²) >= 11 is 0. The largest absolute Gasteiger partial charge is 0.359 e. The zero-order chi connectivity index (χ0) is 17.2. The molecule has 2 N–H and O–H groups in total. The second kappa shape index (κ2) is 6.77. The van der Waals surface area contributed by atoms with E-state index in [1.54, 1.807) is 6.07 Å². The zero-order valence-electron chi connectivity index (χ0n) is 14.6. The van der Waals surface area contributed by atoms with E-state index in [0.29, 0.717) is 17.3 Å². The fourth-order valence-corrected chi connectivity index (χ4v) is 2.89. The molecule has 0 saturated carbocycles. The lowest BCUT2D eigenvalue weighted by Gasteiger charge is -2.12. The number of amides is 1. The van der Waals surface area contributed by atoms with E-state index in [0.717, 1.165) is 25.3 Å². The van der Waals surface area contributed by atoms with Gasteiger partial charge in [0, 0.05) is 17.0 Å². The summed E-state index contributed by atoms with van der Waals surface area (Å²) in [5.41, 5.74) is 1.77. The zero-order valence-corrected chi connectivity index (χ0v) is 14.6. The Balaban J connectivity index is 1.61. The molecule has 5 heteroatoms. The van der Waals surface area contributed by atoms with Gasteiger partial charge in [0.25, 0.3) is 5.91 Å². The van der Waals surface area contributed by atoms with Crippen molar-refractivity contribution in [3.05, 3.63) is 47.2 Å². The lowest BCUT2D eigenvalue weighted by Crippen LogP contribution is -2.13. The van der Waals surface area contributed by atoms with Crippen molar-refractivity contribution < 1.29 is 9.32 Å². The maximum absolute atomic E-state index is 12.3. The normalized spacial score (nSPS) is 17.9. The molecule has 1 aliphatic rings. The van der Waals surface area contributed by atoms with Gasteiger partial charge in [-0.15, -0.1) is 0 Å². The molecule has 0 spiro atoms. The minimum atomic E-state index is -0.169. The number of hydrogen-bond acceptors (Lipinski definition) is 4. The monoisotopic (exact) mass is 327 g/mol. The van der Waals surface area contributed by atoms with Crippen molar-refractivity contribution in [3.8, 4) is 0 Å². The first-order valence-electron chi connectivity index (χ1n) is 8.50. The van der Waals surface area contributed by atoms with Crippen molar-refractivity contribution >= 4 is 11.7 Å². The van der Waals surface area contributed by atoms with Gasteiger partial charge in [-0.2, -0.15) is 0 Å². The second-order valence-electron chi connectivity index (χ2n) is 7.54. The van der Waals surface area contributed by atoms with E-state index in [1.165, 1.54) is 12.0 Å². The van der Waals surface area contributed by atoms with Gasteiger partial charge in [0.1, 0.15) is 5.76 Å². The average Bonchev–Trinajstić information content (AvgIpc) is 3.19. The van der Waals surface area contributed by atoms with Crippen LogP contribution in [0.1, 0.15) is 48.9 Å². The third kappa shape index (κ3) is 4.03. The molecule has 1 fully saturated rings. The minimum Gasteiger partial charge on any atom is -0.359 e. The van der Waals surface area contributed by atoms with Crippen molar-refractivity contribution in [2.45, 2.75) is 39.0 Å². The van der Waals surface area contributed by atoms with Crippen molar-refractivity contribution in [1.82, 2.24) is 10.5 Å². The standard InChI is InChI=1S/C19H25N3O2/c1-19(2,3)16-11-17(22-24-16)21-18(23)15-6-4-13(5-7-15)10-14-8-9-20-12-14/h4-7,11,14,20H,8-10,12H2,1-3H3,(H,21,22,23). The predicted octanol–water partition coefficient (Wildman–Crippen LogP) is 3.38. The number of nitrogens with zero attached hydrogens (tertiary/aromatic N) is 1. The van der Waals surface area contributed by atoms with Crippen LogP contribution in [0.4, 0.5) is 5.82 Å². The molecule has 1 amide bonds. The quantitative estimate of drug-likeness (QED) is 0.903. The Morgan fingerprint density at radius 3 is 2.67 bits per heavy atom. The van der Waals surface area contributed by atoms with Crippen LogP contribution >= 0.6 is 0 Å². The van der Waals surface area contributed by atoms with E-state index in [4.69, 9.17) is 4.52 Å². The Hall–Kier alpha value is -2.14. The highest BCUT2D eigenvalue weighted by atomic mass is 16.5. The predicted molar refractivity (Wildman–Crippen MR) is 94.3 cm³/mol. The summed E-state index contributed by atoms with van der Waals surface area (Å²) in [4.78, 5) is 12.3. The molecule has 2 aromatic rings. The van der Waals surface area contributed by atoms with Crippen LogP contribution in [0.5, 0.6) is 0 Å². The molecule has 1 unspecified atom stereocenters. The van der Waals surface area contributed by atoms with Crippen LogP contribution in [-0.2, 0) is 11.8 Å². The molecule has 128 valence electrons. The van der Waals surface area contributed by atoms with Crippen LogP contribution in [0.15, 0.2) is 34.9 Å². The fraction of sp³-hybridized carbons (Fsp3) is 0.474. The van der Waals surface area contributed by atoms with Crippen LogP contribution in [0.2, 0.25) is 0 Å². The fourth-order valence-electron chi connectivity index (χ4n) is 2.89. The summed E-state index contributed by atoms with van der Waals surface area (Å²) in [7, 11) is 0. The van der Waals surface area contributed by atoms with Crippen LogP contribution in [0.3, 0.4) is 0 Å². The average molecular weight is 327 g/mol. The molecule has 24 heavy (non-hydrogen) atoms. The van der Waals surface area contributed by atoms with E-state index in [1.807, 2.05) is 45.0 Å². The van der Waals surface area contributed by atoms with Crippen LogP contribution < -0.4 is 10.6 Å². The number of nitrogens with one attached hydrogen (secondary N) is 2. The van der Waals surface area contributed by atoms with Crippen LogP contribution in [-0.4, -0.2) is 24.2 Å². The molecule has 0 radical (unpaired) electrons. The second-order valence-corrected chi connectivity index (χ2v) is 7.54. The molecule has 0 bridgehead atoms. The van der Waals surface area contributed by atoms with E-state index in [-0.39, 0.29) is 11.3 Å². The summed E-state index contributed by atoms with van der Waals surface area (Å²) in [5.74, 6) is 1.73. The number of carbonyl (C=O) groups is 1. The van der Waals surface area contributed by atoms with Gasteiger partial charge in [-0.1, -0.05) is 38.1 Å². The molecule has 1 atom stereocenters. The van der Waals surface area contributed by atoms with Gasteiger partial charge < -0.3 is 15.2 Å². The van der Waals surface area contributed by atoms with Crippen molar-refractivity contribution in [2.24, 2.45) is 5.92 Å². The van der Waals surface area contributed by atoms with Gasteiger partial charge in [-0.3, -0.25) is 4.79 Å². The summed E-state index contributed by atoms with van der Waals surface area (Å²) < 4.78 is 5.29.